The van der Waals surface area contributed by atoms with Gasteiger partial charge in [0.05, 0.1) is 37.7 Å². The number of ketones is 1. The van der Waals surface area contributed by atoms with Gasteiger partial charge in [-0.05, 0) is 49.2 Å². The minimum Gasteiger partial charge on any atom is -0.444 e. The van der Waals surface area contributed by atoms with E-state index in [9.17, 15) is 9.59 Å². The van der Waals surface area contributed by atoms with Gasteiger partial charge in [0, 0.05) is 51.4 Å². The molecule has 5 rings (SSSR count). The number of halogens is 1. The maximum atomic E-state index is 15.2. The van der Waals surface area contributed by atoms with Crippen LogP contribution in [-0.2, 0) is 25.7 Å². The third-order valence-corrected chi connectivity index (χ3v) is 7.20. The summed E-state index contributed by atoms with van der Waals surface area (Å²) in [4.78, 5) is 35.2. The quantitative estimate of drug-likeness (QED) is 0.517. The molecule has 3 fully saturated rings. The highest BCUT2D eigenvalue weighted by molar-refractivity contribution is 5.90. The van der Waals surface area contributed by atoms with Crippen molar-refractivity contribution in [3.63, 3.8) is 0 Å². The van der Waals surface area contributed by atoms with E-state index in [0.29, 0.717) is 63.5 Å². The van der Waals surface area contributed by atoms with E-state index in [1.807, 2.05) is 9.96 Å². The van der Waals surface area contributed by atoms with Gasteiger partial charge in [-0.15, -0.1) is 0 Å². The number of morpholine rings is 1. The lowest BCUT2D eigenvalue weighted by Crippen LogP contribution is -2.36. The van der Waals surface area contributed by atoms with Crippen LogP contribution in [0, 0.1) is 5.82 Å². The number of hydroxylamine groups is 2. The highest BCUT2D eigenvalue weighted by Crippen LogP contribution is 2.29. The molecule has 0 aliphatic carbocycles. The summed E-state index contributed by atoms with van der Waals surface area (Å²) in [7, 11) is 0. The van der Waals surface area contributed by atoms with Crippen molar-refractivity contribution in [3.05, 3.63) is 53.8 Å². The first-order valence-electron chi connectivity index (χ1n) is 13.3. The molecule has 3 aliphatic rings. The number of amides is 1. The summed E-state index contributed by atoms with van der Waals surface area (Å²) < 4.78 is 26.0. The summed E-state index contributed by atoms with van der Waals surface area (Å²) in [6.45, 7) is 8.06. The topological polar surface area (TPSA) is 74.8 Å². The van der Waals surface area contributed by atoms with Crippen LogP contribution in [0.15, 0.2) is 42.5 Å². The molecule has 0 N–H and O–H groups in total. The molecule has 0 radical (unpaired) electrons. The third kappa shape index (κ3) is 6.43. The number of rotatable bonds is 8. The van der Waals surface area contributed by atoms with Crippen molar-refractivity contribution in [3.8, 4) is 0 Å². The second kappa shape index (κ2) is 12.1. The van der Waals surface area contributed by atoms with E-state index in [0.717, 1.165) is 31.9 Å². The number of hydrogen-bond acceptors (Lipinski definition) is 8. The van der Waals surface area contributed by atoms with E-state index >= 15 is 4.39 Å². The Morgan fingerprint density at radius 2 is 1.68 bits per heavy atom. The maximum absolute atomic E-state index is 15.2. The molecule has 2 aromatic rings. The monoisotopic (exact) mass is 526 g/mol. The van der Waals surface area contributed by atoms with Gasteiger partial charge in [0.25, 0.3) is 0 Å². The molecule has 204 valence electrons. The van der Waals surface area contributed by atoms with Gasteiger partial charge in [0.15, 0.2) is 0 Å². The minimum atomic E-state index is -0.512. The van der Waals surface area contributed by atoms with Gasteiger partial charge in [-0.25, -0.2) is 9.18 Å². The second-order valence-corrected chi connectivity index (χ2v) is 9.94. The summed E-state index contributed by atoms with van der Waals surface area (Å²) in [6.07, 6.45) is -0.0474. The Balaban J connectivity index is 1.16. The fraction of sp³-hybridized carbons (Fsp3) is 0.500. The number of anilines is 3. The van der Waals surface area contributed by atoms with Crippen LogP contribution in [0.25, 0.3) is 0 Å². The average Bonchev–Trinajstić information content (AvgIpc) is 3.15. The molecule has 2 aromatic carbocycles. The minimum absolute atomic E-state index is 0.0524. The summed E-state index contributed by atoms with van der Waals surface area (Å²) in [5.74, 6) is -0.341. The van der Waals surface area contributed by atoms with Crippen molar-refractivity contribution < 1.29 is 28.3 Å². The van der Waals surface area contributed by atoms with Gasteiger partial charge in [0.1, 0.15) is 17.7 Å². The molecule has 0 bridgehead atoms. The number of cyclic esters (lactones) is 1. The number of hydrogen-bond donors (Lipinski definition) is 0. The van der Waals surface area contributed by atoms with Crippen molar-refractivity contribution in [2.75, 3.05) is 73.8 Å². The van der Waals surface area contributed by atoms with Crippen molar-refractivity contribution in [1.29, 1.82) is 0 Å². The first kappa shape index (κ1) is 26.4. The molecular weight excluding hydrogens is 491 g/mol. The highest BCUT2D eigenvalue weighted by Gasteiger charge is 2.33. The molecule has 38 heavy (non-hydrogen) atoms. The van der Waals surface area contributed by atoms with Crippen LogP contribution in [0.4, 0.5) is 26.2 Å². The zero-order valence-corrected chi connectivity index (χ0v) is 21.8. The van der Waals surface area contributed by atoms with E-state index in [4.69, 9.17) is 14.3 Å². The molecule has 0 spiro atoms. The summed E-state index contributed by atoms with van der Waals surface area (Å²) in [6, 6.07) is 13.4. The normalized spacial score (nSPS) is 20.9. The Morgan fingerprint density at radius 1 is 0.947 bits per heavy atom. The third-order valence-electron chi connectivity index (χ3n) is 7.20. The van der Waals surface area contributed by atoms with Crippen LogP contribution in [-0.4, -0.2) is 82.1 Å². The molecule has 3 heterocycles. The fourth-order valence-corrected chi connectivity index (χ4v) is 5.06. The number of carbonyl (C=O) groups is 2. The number of benzene rings is 2. The molecule has 3 saturated heterocycles. The number of nitrogens with zero attached hydrogens (tertiary/aromatic N) is 4. The number of carbonyl (C=O) groups excluding carboxylic acids is 2. The molecule has 0 aromatic heterocycles. The van der Waals surface area contributed by atoms with Crippen LogP contribution in [0.5, 0.6) is 0 Å². The van der Waals surface area contributed by atoms with Gasteiger partial charge >= 0.3 is 6.09 Å². The van der Waals surface area contributed by atoms with Crippen LogP contribution in [0.1, 0.15) is 25.3 Å². The van der Waals surface area contributed by atoms with Crippen LogP contribution in [0.3, 0.4) is 0 Å². The Hall–Kier alpha value is -3.21. The summed E-state index contributed by atoms with van der Waals surface area (Å²) in [5.41, 5.74) is 3.29. The summed E-state index contributed by atoms with van der Waals surface area (Å²) in [5, 5.41) is 1.93. The summed E-state index contributed by atoms with van der Waals surface area (Å²) >= 11 is 0. The Kier molecular flexibility index (Phi) is 8.41. The standard InChI is InChI=1S/C28H35FN4O5/c1-21(34)2-8-25-20-33(28(35)38-25)24-7-9-27(26(29)18-24)31-10-11-32(37-17-14-31)19-22-3-5-23(6-4-22)30-12-15-36-16-13-30/h3-7,9,18,25H,2,8,10-17,19-20H2,1H3/t25-/m0/s1. The van der Waals surface area contributed by atoms with E-state index in [-0.39, 0.29) is 11.9 Å². The first-order chi connectivity index (χ1) is 18.5. The largest absolute Gasteiger partial charge is 0.444 e. The zero-order chi connectivity index (χ0) is 26.5. The Bertz CT molecular complexity index is 1120. The molecule has 1 amide bonds. The van der Waals surface area contributed by atoms with Crippen molar-refractivity contribution >= 4 is 28.9 Å². The zero-order valence-electron chi connectivity index (χ0n) is 21.8. The molecule has 0 unspecified atom stereocenters. The van der Waals surface area contributed by atoms with Gasteiger partial charge in [0.2, 0.25) is 0 Å². The van der Waals surface area contributed by atoms with Crippen LogP contribution >= 0.6 is 0 Å². The maximum Gasteiger partial charge on any atom is 0.414 e. The first-order valence-corrected chi connectivity index (χ1v) is 13.3. The molecule has 10 heteroatoms. The molecule has 1 atom stereocenters. The van der Waals surface area contributed by atoms with Crippen LogP contribution < -0.4 is 14.7 Å². The van der Waals surface area contributed by atoms with Gasteiger partial charge < -0.3 is 24.1 Å². The van der Waals surface area contributed by atoms with E-state index < -0.39 is 11.9 Å². The molecular formula is C28H35FN4O5. The number of ether oxygens (including phenoxy) is 2. The molecule has 0 saturated carbocycles. The smallest absolute Gasteiger partial charge is 0.414 e. The lowest BCUT2D eigenvalue weighted by Gasteiger charge is -2.29. The highest BCUT2D eigenvalue weighted by atomic mass is 19.1. The van der Waals surface area contributed by atoms with Crippen molar-refractivity contribution in [1.82, 2.24) is 5.06 Å². The van der Waals surface area contributed by atoms with Crippen molar-refractivity contribution in [2.45, 2.75) is 32.4 Å². The fourth-order valence-electron chi connectivity index (χ4n) is 5.06. The van der Waals surface area contributed by atoms with Crippen LogP contribution in [0.2, 0.25) is 0 Å². The lowest BCUT2D eigenvalue weighted by atomic mass is 10.1. The Labute approximate surface area is 222 Å². The lowest BCUT2D eigenvalue weighted by molar-refractivity contribution is -0.154. The second-order valence-electron chi connectivity index (χ2n) is 9.94. The predicted molar refractivity (Wildman–Crippen MR) is 142 cm³/mol. The van der Waals surface area contributed by atoms with Crippen molar-refractivity contribution in [2.24, 2.45) is 0 Å². The average molecular weight is 527 g/mol. The Morgan fingerprint density at radius 3 is 2.42 bits per heavy atom. The predicted octanol–water partition coefficient (Wildman–Crippen LogP) is 3.61. The van der Waals surface area contributed by atoms with E-state index in [1.165, 1.54) is 23.6 Å². The molecule has 3 aliphatic heterocycles. The number of Topliss-reactive ketones (excluding diaryl/α,β-unsaturated/α-hetero) is 1. The van der Waals surface area contributed by atoms with E-state index in [2.05, 4.69) is 29.2 Å². The van der Waals surface area contributed by atoms with Gasteiger partial charge in [-0.2, -0.15) is 5.06 Å². The van der Waals surface area contributed by atoms with Gasteiger partial charge in [-0.1, -0.05) is 12.1 Å². The van der Waals surface area contributed by atoms with E-state index in [1.54, 1.807) is 12.1 Å². The molecule has 9 nitrogen and oxygen atoms in total. The van der Waals surface area contributed by atoms with Gasteiger partial charge in [-0.3, -0.25) is 9.74 Å². The SMILES string of the molecule is CC(=O)CC[C@H]1CN(c2ccc(N3CCON(Cc4ccc(N5CCOCC5)cc4)CC3)c(F)c2)C(=O)O1.